The monoisotopic (exact) mass is 312 g/mol. The Hall–Kier alpha value is -0.810. The van der Waals surface area contributed by atoms with Crippen LogP contribution in [0.5, 0.6) is 0 Å². The summed E-state index contributed by atoms with van der Waals surface area (Å²) in [6.07, 6.45) is 5.54. The number of likely N-dealkylation sites (tertiary alicyclic amines) is 1. The predicted octanol–water partition coefficient (Wildman–Crippen LogP) is 2.79. The van der Waals surface area contributed by atoms with Crippen LogP contribution in [0.25, 0.3) is 0 Å². The van der Waals surface area contributed by atoms with Crippen LogP contribution in [-0.4, -0.2) is 55.5 Å². The standard InChI is InChI=1S/C17H32N2O3/c1-17(2,3)22-16(20)19-10-5-4-6-15(19)12-18-9-7-14-8-11-21-13-14/h14-15,18H,4-13H2,1-3H3. The number of amides is 1. The van der Waals surface area contributed by atoms with Gasteiger partial charge >= 0.3 is 6.09 Å². The third-order valence-electron chi connectivity index (χ3n) is 4.39. The minimum absolute atomic E-state index is 0.164. The van der Waals surface area contributed by atoms with Crippen LogP contribution in [0.2, 0.25) is 0 Å². The first-order valence-corrected chi connectivity index (χ1v) is 8.74. The lowest BCUT2D eigenvalue weighted by atomic mass is 10.0. The molecule has 0 aromatic heterocycles. The average molecular weight is 312 g/mol. The van der Waals surface area contributed by atoms with Crippen LogP contribution in [0.4, 0.5) is 4.79 Å². The molecule has 2 aliphatic rings. The van der Waals surface area contributed by atoms with Crippen molar-refractivity contribution in [1.82, 2.24) is 10.2 Å². The predicted molar refractivity (Wildman–Crippen MR) is 87.0 cm³/mol. The Balaban J connectivity index is 1.72. The largest absolute Gasteiger partial charge is 0.444 e. The Labute approximate surface area is 134 Å². The van der Waals surface area contributed by atoms with Crippen molar-refractivity contribution in [3.63, 3.8) is 0 Å². The van der Waals surface area contributed by atoms with E-state index < -0.39 is 5.60 Å². The molecular weight excluding hydrogens is 280 g/mol. The Morgan fingerprint density at radius 1 is 1.32 bits per heavy atom. The number of carbonyl (C=O) groups excluding carboxylic acids is 1. The number of nitrogens with zero attached hydrogens (tertiary/aromatic N) is 1. The van der Waals surface area contributed by atoms with E-state index in [2.05, 4.69) is 5.32 Å². The van der Waals surface area contributed by atoms with Crippen LogP contribution in [0.3, 0.4) is 0 Å². The zero-order chi connectivity index (χ0) is 16.0. The molecule has 0 aromatic carbocycles. The quantitative estimate of drug-likeness (QED) is 0.793. The van der Waals surface area contributed by atoms with Gasteiger partial charge < -0.3 is 19.7 Å². The van der Waals surface area contributed by atoms with Crippen molar-refractivity contribution >= 4 is 6.09 Å². The second-order valence-electron chi connectivity index (χ2n) is 7.55. The van der Waals surface area contributed by atoms with E-state index in [0.717, 1.165) is 45.7 Å². The molecule has 2 heterocycles. The lowest BCUT2D eigenvalue weighted by Gasteiger charge is -2.37. The Morgan fingerprint density at radius 2 is 2.14 bits per heavy atom. The van der Waals surface area contributed by atoms with Crippen LogP contribution in [0.1, 0.15) is 52.9 Å². The molecule has 1 amide bonds. The molecule has 2 rings (SSSR count). The summed E-state index contributed by atoms with van der Waals surface area (Å²) in [4.78, 5) is 14.2. The molecular formula is C17H32N2O3. The summed E-state index contributed by atoms with van der Waals surface area (Å²) in [5.74, 6) is 0.709. The first-order chi connectivity index (χ1) is 10.5. The lowest BCUT2D eigenvalue weighted by molar-refractivity contribution is 0.00995. The molecule has 5 heteroatoms. The fourth-order valence-corrected chi connectivity index (χ4v) is 3.16. The molecule has 5 nitrogen and oxygen atoms in total. The van der Waals surface area contributed by atoms with Crippen molar-refractivity contribution in [1.29, 1.82) is 0 Å². The summed E-state index contributed by atoms with van der Waals surface area (Å²) in [6.45, 7) is 10.3. The summed E-state index contributed by atoms with van der Waals surface area (Å²) in [7, 11) is 0. The zero-order valence-electron chi connectivity index (χ0n) is 14.4. The summed E-state index contributed by atoms with van der Waals surface area (Å²) in [6, 6.07) is 0.267. The number of nitrogens with one attached hydrogen (secondary N) is 1. The second kappa shape index (κ2) is 8.16. The van der Waals surface area contributed by atoms with Crippen molar-refractivity contribution < 1.29 is 14.3 Å². The SMILES string of the molecule is CC(C)(C)OC(=O)N1CCCCC1CNCCC1CCOC1. The molecule has 0 spiro atoms. The van der Waals surface area contributed by atoms with Gasteiger partial charge in [0, 0.05) is 32.3 Å². The Kier molecular flexibility index (Phi) is 6.50. The van der Waals surface area contributed by atoms with Crippen LogP contribution in [-0.2, 0) is 9.47 Å². The smallest absolute Gasteiger partial charge is 0.410 e. The van der Waals surface area contributed by atoms with E-state index in [1.165, 1.54) is 19.3 Å². The van der Waals surface area contributed by atoms with Gasteiger partial charge in [0.15, 0.2) is 0 Å². The summed E-state index contributed by atoms with van der Waals surface area (Å²) < 4.78 is 10.9. The van der Waals surface area contributed by atoms with Gasteiger partial charge in [0.25, 0.3) is 0 Å². The van der Waals surface area contributed by atoms with E-state index in [4.69, 9.17) is 9.47 Å². The van der Waals surface area contributed by atoms with Crippen molar-refractivity contribution in [2.75, 3.05) is 32.8 Å². The van der Waals surface area contributed by atoms with E-state index in [1.807, 2.05) is 25.7 Å². The van der Waals surface area contributed by atoms with Crippen LogP contribution >= 0.6 is 0 Å². The van der Waals surface area contributed by atoms with Crippen LogP contribution in [0.15, 0.2) is 0 Å². The van der Waals surface area contributed by atoms with E-state index in [9.17, 15) is 4.79 Å². The van der Waals surface area contributed by atoms with Gasteiger partial charge in [-0.2, -0.15) is 0 Å². The molecule has 0 bridgehead atoms. The van der Waals surface area contributed by atoms with Gasteiger partial charge in [-0.25, -0.2) is 4.79 Å². The first kappa shape index (κ1) is 17.5. The fourth-order valence-electron chi connectivity index (χ4n) is 3.16. The third kappa shape index (κ3) is 5.76. The normalized spacial score (nSPS) is 26.2. The molecule has 0 aromatic rings. The molecule has 22 heavy (non-hydrogen) atoms. The minimum atomic E-state index is -0.422. The lowest BCUT2D eigenvalue weighted by Crippen LogP contribution is -2.50. The van der Waals surface area contributed by atoms with Gasteiger partial charge in [-0.3, -0.25) is 0 Å². The van der Waals surface area contributed by atoms with Crippen molar-refractivity contribution in [2.24, 2.45) is 5.92 Å². The molecule has 2 atom stereocenters. The fraction of sp³-hybridized carbons (Fsp3) is 0.941. The number of hydrogen-bond donors (Lipinski definition) is 1. The number of carbonyl (C=O) groups is 1. The maximum atomic E-state index is 12.3. The average Bonchev–Trinajstić information content (AvgIpc) is 2.95. The number of ether oxygens (including phenoxy) is 2. The maximum absolute atomic E-state index is 12.3. The molecule has 2 saturated heterocycles. The van der Waals surface area contributed by atoms with Crippen LogP contribution in [0, 0.1) is 5.92 Å². The maximum Gasteiger partial charge on any atom is 0.410 e. The molecule has 0 radical (unpaired) electrons. The van der Waals surface area contributed by atoms with Gasteiger partial charge in [0.2, 0.25) is 0 Å². The number of hydrogen-bond acceptors (Lipinski definition) is 4. The van der Waals surface area contributed by atoms with Gasteiger partial charge in [-0.05, 0) is 65.3 Å². The third-order valence-corrected chi connectivity index (χ3v) is 4.39. The Morgan fingerprint density at radius 3 is 2.82 bits per heavy atom. The van der Waals surface area contributed by atoms with E-state index in [1.54, 1.807) is 0 Å². The van der Waals surface area contributed by atoms with Gasteiger partial charge in [-0.15, -0.1) is 0 Å². The molecule has 2 aliphatic heterocycles. The molecule has 1 N–H and O–H groups in total. The molecule has 128 valence electrons. The van der Waals surface area contributed by atoms with Crippen molar-refractivity contribution in [3.05, 3.63) is 0 Å². The zero-order valence-corrected chi connectivity index (χ0v) is 14.4. The number of piperidine rings is 1. The number of rotatable bonds is 5. The molecule has 0 saturated carbocycles. The van der Waals surface area contributed by atoms with E-state index in [0.29, 0.717) is 5.92 Å². The molecule has 2 fully saturated rings. The van der Waals surface area contributed by atoms with Crippen molar-refractivity contribution in [2.45, 2.75) is 64.5 Å². The van der Waals surface area contributed by atoms with Gasteiger partial charge in [0.05, 0.1) is 0 Å². The van der Waals surface area contributed by atoms with E-state index in [-0.39, 0.29) is 12.1 Å². The highest BCUT2D eigenvalue weighted by Crippen LogP contribution is 2.20. The molecule has 0 aliphatic carbocycles. The summed E-state index contributed by atoms with van der Waals surface area (Å²) in [5, 5.41) is 3.52. The van der Waals surface area contributed by atoms with Crippen molar-refractivity contribution in [3.8, 4) is 0 Å². The first-order valence-electron chi connectivity index (χ1n) is 8.74. The van der Waals surface area contributed by atoms with Gasteiger partial charge in [0.1, 0.15) is 5.60 Å². The highest BCUT2D eigenvalue weighted by atomic mass is 16.6. The topological polar surface area (TPSA) is 50.8 Å². The van der Waals surface area contributed by atoms with Crippen LogP contribution < -0.4 is 5.32 Å². The summed E-state index contributed by atoms with van der Waals surface area (Å²) >= 11 is 0. The second-order valence-corrected chi connectivity index (χ2v) is 7.55. The van der Waals surface area contributed by atoms with Gasteiger partial charge in [-0.1, -0.05) is 0 Å². The van der Waals surface area contributed by atoms with E-state index >= 15 is 0 Å². The summed E-state index contributed by atoms with van der Waals surface area (Å²) in [5.41, 5.74) is -0.422. The minimum Gasteiger partial charge on any atom is -0.444 e. The Bertz CT molecular complexity index is 348. The highest BCUT2D eigenvalue weighted by molar-refractivity contribution is 5.68. The highest BCUT2D eigenvalue weighted by Gasteiger charge is 2.30. The molecule has 2 unspecified atom stereocenters.